The maximum absolute atomic E-state index is 12.1. The van der Waals surface area contributed by atoms with Crippen LogP contribution in [0.5, 0.6) is 0 Å². The molecule has 0 aliphatic heterocycles. The van der Waals surface area contributed by atoms with Crippen molar-refractivity contribution in [1.82, 2.24) is 0 Å². The molecule has 0 aromatic heterocycles. The number of hydrogen-bond donors (Lipinski definition) is 1. The summed E-state index contributed by atoms with van der Waals surface area (Å²) in [5.74, 6) is -1.01. The molecule has 1 N–H and O–H groups in total. The van der Waals surface area contributed by atoms with Crippen molar-refractivity contribution in [3.8, 4) is 0 Å². The highest BCUT2D eigenvalue weighted by molar-refractivity contribution is 6.03. The first kappa shape index (κ1) is 14.3. The predicted octanol–water partition coefficient (Wildman–Crippen LogP) is 2.99. The Bertz CT molecular complexity index is 572. The van der Waals surface area contributed by atoms with Crippen LogP contribution in [0.3, 0.4) is 0 Å². The van der Waals surface area contributed by atoms with Gasteiger partial charge < -0.3 is 9.84 Å². The van der Waals surface area contributed by atoms with Gasteiger partial charge in [-0.25, -0.2) is 0 Å². The third-order valence-electron chi connectivity index (χ3n) is 3.51. The van der Waals surface area contributed by atoms with Crippen molar-refractivity contribution in [3.63, 3.8) is 0 Å². The van der Waals surface area contributed by atoms with Gasteiger partial charge in [0, 0.05) is 17.6 Å². The van der Waals surface area contributed by atoms with E-state index in [2.05, 4.69) is 0 Å². The standard InChI is InChI=1S/C16H18O4/c1-3-14(17)13-9-12(16(19)20-4-2)10-7-5-6-8-11(10)15(13)18/h5-8,12,18H,3-4,9H2,1-2H3. The van der Waals surface area contributed by atoms with E-state index in [-0.39, 0.29) is 23.9 Å². The molecule has 20 heavy (non-hydrogen) atoms. The lowest BCUT2D eigenvalue weighted by molar-refractivity contribution is -0.145. The van der Waals surface area contributed by atoms with Gasteiger partial charge in [-0.3, -0.25) is 9.59 Å². The summed E-state index contributed by atoms with van der Waals surface area (Å²) in [6.45, 7) is 3.78. The lowest BCUT2D eigenvalue weighted by Crippen LogP contribution is -2.23. The number of Topliss-reactive ketones (excluding diaryl/α,β-unsaturated/α-hetero) is 1. The number of hydrogen-bond acceptors (Lipinski definition) is 4. The summed E-state index contributed by atoms with van der Waals surface area (Å²) in [5.41, 5.74) is 1.59. The van der Waals surface area contributed by atoms with Crippen LogP contribution >= 0.6 is 0 Å². The van der Waals surface area contributed by atoms with E-state index >= 15 is 0 Å². The lowest BCUT2D eigenvalue weighted by atomic mass is 9.80. The molecule has 0 heterocycles. The molecule has 0 fully saturated rings. The number of aliphatic hydroxyl groups excluding tert-OH is 1. The molecule has 106 valence electrons. The molecule has 2 rings (SSSR count). The Hall–Kier alpha value is -2.10. The predicted molar refractivity (Wildman–Crippen MR) is 75.3 cm³/mol. The number of allylic oxidation sites excluding steroid dienone is 1. The Morgan fingerprint density at radius 3 is 2.65 bits per heavy atom. The van der Waals surface area contributed by atoms with Gasteiger partial charge in [-0.15, -0.1) is 0 Å². The van der Waals surface area contributed by atoms with Crippen LogP contribution in [0.4, 0.5) is 0 Å². The summed E-state index contributed by atoms with van der Waals surface area (Å²) in [6.07, 6.45) is 0.505. The van der Waals surface area contributed by atoms with Crippen LogP contribution in [0.15, 0.2) is 29.8 Å². The molecule has 0 bridgehead atoms. The third-order valence-corrected chi connectivity index (χ3v) is 3.51. The number of ether oxygens (including phenoxy) is 1. The van der Waals surface area contributed by atoms with Crippen LogP contribution in [0.2, 0.25) is 0 Å². The first-order chi connectivity index (χ1) is 9.60. The average molecular weight is 274 g/mol. The summed E-state index contributed by atoms with van der Waals surface area (Å²) >= 11 is 0. The quantitative estimate of drug-likeness (QED) is 0.857. The molecule has 0 radical (unpaired) electrons. The molecular weight excluding hydrogens is 256 g/mol. The Morgan fingerprint density at radius 2 is 2.00 bits per heavy atom. The van der Waals surface area contributed by atoms with Crippen LogP contribution in [0.25, 0.3) is 5.76 Å². The van der Waals surface area contributed by atoms with E-state index in [0.717, 1.165) is 5.56 Å². The molecule has 1 aromatic carbocycles. The van der Waals surface area contributed by atoms with Crippen molar-refractivity contribution >= 4 is 17.5 Å². The molecular formula is C16H18O4. The van der Waals surface area contributed by atoms with Gasteiger partial charge in [-0.05, 0) is 18.9 Å². The van der Waals surface area contributed by atoms with Crippen LogP contribution in [0, 0.1) is 0 Å². The summed E-state index contributed by atoms with van der Waals surface area (Å²) in [4.78, 5) is 24.0. The Morgan fingerprint density at radius 1 is 1.30 bits per heavy atom. The van der Waals surface area contributed by atoms with E-state index in [0.29, 0.717) is 24.2 Å². The minimum Gasteiger partial charge on any atom is -0.507 e. The summed E-state index contributed by atoms with van der Waals surface area (Å²) in [7, 11) is 0. The number of carbonyl (C=O) groups is 2. The van der Waals surface area contributed by atoms with E-state index < -0.39 is 5.92 Å². The summed E-state index contributed by atoms with van der Waals surface area (Å²) in [6, 6.07) is 7.10. The number of esters is 1. The van der Waals surface area contributed by atoms with Crippen molar-refractivity contribution in [2.75, 3.05) is 6.61 Å². The van der Waals surface area contributed by atoms with Crippen LogP contribution in [-0.4, -0.2) is 23.5 Å². The van der Waals surface area contributed by atoms with E-state index in [9.17, 15) is 14.7 Å². The Balaban J connectivity index is 2.50. The van der Waals surface area contributed by atoms with E-state index in [1.54, 1.807) is 32.0 Å². The molecule has 1 aromatic rings. The van der Waals surface area contributed by atoms with Gasteiger partial charge in [0.2, 0.25) is 0 Å². The SMILES string of the molecule is CCOC(=O)C1CC(C(=O)CC)=C(O)c2ccccc21. The molecule has 0 saturated carbocycles. The highest BCUT2D eigenvalue weighted by atomic mass is 16.5. The highest BCUT2D eigenvalue weighted by Crippen LogP contribution is 2.38. The number of carbonyl (C=O) groups excluding carboxylic acids is 2. The number of fused-ring (bicyclic) bond motifs is 1. The second-order valence-electron chi connectivity index (χ2n) is 4.70. The number of aliphatic hydroxyl groups is 1. The fourth-order valence-electron chi connectivity index (χ4n) is 2.50. The summed E-state index contributed by atoms with van der Waals surface area (Å²) in [5, 5.41) is 10.3. The smallest absolute Gasteiger partial charge is 0.313 e. The molecule has 0 amide bonds. The molecule has 1 aliphatic carbocycles. The van der Waals surface area contributed by atoms with Crippen LogP contribution in [0.1, 0.15) is 43.7 Å². The van der Waals surface area contributed by atoms with Crippen molar-refractivity contribution in [3.05, 3.63) is 41.0 Å². The molecule has 1 unspecified atom stereocenters. The zero-order chi connectivity index (χ0) is 14.7. The van der Waals surface area contributed by atoms with Crippen LogP contribution < -0.4 is 0 Å². The second kappa shape index (κ2) is 5.90. The highest BCUT2D eigenvalue weighted by Gasteiger charge is 2.34. The summed E-state index contributed by atoms with van der Waals surface area (Å²) < 4.78 is 5.08. The second-order valence-corrected chi connectivity index (χ2v) is 4.70. The van der Waals surface area contributed by atoms with E-state index in [1.807, 2.05) is 6.07 Å². The molecule has 1 aliphatic rings. The molecule has 4 nitrogen and oxygen atoms in total. The van der Waals surface area contributed by atoms with Crippen molar-refractivity contribution in [2.45, 2.75) is 32.6 Å². The fourth-order valence-corrected chi connectivity index (χ4v) is 2.50. The number of ketones is 1. The van der Waals surface area contributed by atoms with Gasteiger partial charge >= 0.3 is 5.97 Å². The van der Waals surface area contributed by atoms with Crippen LogP contribution in [-0.2, 0) is 14.3 Å². The Labute approximate surface area is 118 Å². The van der Waals surface area contributed by atoms with Gasteiger partial charge in [0.05, 0.1) is 12.5 Å². The molecule has 4 heteroatoms. The zero-order valence-corrected chi connectivity index (χ0v) is 11.7. The van der Waals surface area contributed by atoms with Gasteiger partial charge in [-0.2, -0.15) is 0 Å². The van der Waals surface area contributed by atoms with Gasteiger partial charge in [0.1, 0.15) is 5.76 Å². The normalized spacial score (nSPS) is 17.6. The number of rotatable bonds is 4. The maximum atomic E-state index is 12.1. The molecule has 0 saturated heterocycles. The van der Waals surface area contributed by atoms with Gasteiger partial charge in [0.25, 0.3) is 0 Å². The minimum absolute atomic E-state index is 0.00648. The Kier molecular flexibility index (Phi) is 4.23. The minimum atomic E-state index is -0.521. The van der Waals surface area contributed by atoms with E-state index in [1.165, 1.54) is 0 Å². The monoisotopic (exact) mass is 274 g/mol. The van der Waals surface area contributed by atoms with Crippen molar-refractivity contribution < 1.29 is 19.4 Å². The zero-order valence-electron chi connectivity index (χ0n) is 11.7. The average Bonchev–Trinajstić information content (AvgIpc) is 2.47. The first-order valence-electron chi connectivity index (χ1n) is 6.81. The van der Waals surface area contributed by atoms with Gasteiger partial charge in [0.15, 0.2) is 5.78 Å². The third kappa shape index (κ3) is 2.46. The van der Waals surface area contributed by atoms with Crippen molar-refractivity contribution in [2.24, 2.45) is 0 Å². The largest absolute Gasteiger partial charge is 0.507 e. The fraction of sp³-hybridized carbons (Fsp3) is 0.375. The maximum Gasteiger partial charge on any atom is 0.313 e. The first-order valence-corrected chi connectivity index (χ1v) is 6.81. The molecule has 1 atom stereocenters. The topological polar surface area (TPSA) is 63.6 Å². The molecule has 0 spiro atoms. The lowest BCUT2D eigenvalue weighted by Gasteiger charge is -2.25. The number of benzene rings is 1. The van der Waals surface area contributed by atoms with Gasteiger partial charge in [-0.1, -0.05) is 31.2 Å². The van der Waals surface area contributed by atoms with Crippen molar-refractivity contribution in [1.29, 1.82) is 0 Å². The van der Waals surface area contributed by atoms with E-state index in [4.69, 9.17) is 4.74 Å².